The number of nitrogens with zero attached hydrogens (tertiary/aromatic N) is 2. The standard InChI is InChI=1S/C9H15N3O3S/c1-7-11-9(15-12-7)5-10-8-3-2-4-16(13,14)6-8/h8,10H,2-6H2,1H3. The van der Waals surface area contributed by atoms with Crippen molar-refractivity contribution in [2.75, 3.05) is 11.5 Å². The second-order valence-electron chi connectivity index (χ2n) is 4.07. The fourth-order valence-electron chi connectivity index (χ4n) is 1.83. The van der Waals surface area contributed by atoms with Gasteiger partial charge in [0.2, 0.25) is 5.89 Å². The highest BCUT2D eigenvalue weighted by Crippen LogP contribution is 2.12. The summed E-state index contributed by atoms with van der Waals surface area (Å²) in [5.41, 5.74) is 0. The Bertz CT molecular complexity index is 454. The van der Waals surface area contributed by atoms with Crippen LogP contribution < -0.4 is 5.32 Å². The molecule has 6 nitrogen and oxygen atoms in total. The normalized spacial score (nSPS) is 24.4. The number of rotatable bonds is 3. The van der Waals surface area contributed by atoms with Gasteiger partial charge in [0, 0.05) is 6.04 Å². The molecular formula is C9H15N3O3S. The van der Waals surface area contributed by atoms with Crippen LogP contribution in [0.1, 0.15) is 24.6 Å². The molecule has 7 heteroatoms. The van der Waals surface area contributed by atoms with Gasteiger partial charge in [0.05, 0.1) is 18.1 Å². The molecule has 16 heavy (non-hydrogen) atoms. The average Bonchev–Trinajstić information content (AvgIpc) is 2.60. The van der Waals surface area contributed by atoms with E-state index in [1.807, 2.05) is 0 Å². The summed E-state index contributed by atoms with van der Waals surface area (Å²) in [6.45, 7) is 2.18. The highest BCUT2D eigenvalue weighted by molar-refractivity contribution is 7.91. The van der Waals surface area contributed by atoms with Crippen molar-refractivity contribution in [1.82, 2.24) is 15.5 Å². The van der Waals surface area contributed by atoms with Crippen molar-refractivity contribution in [3.05, 3.63) is 11.7 Å². The molecular weight excluding hydrogens is 230 g/mol. The second-order valence-corrected chi connectivity index (χ2v) is 6.30. The Hall–Kier alpha value is -0.950. The Labute approximate surface area is 94.3 Å². The van der Waals surface area contributed by atoms with Gasteiger partial charge in [-0.1, -0.05) is 5.16 Å². The molecule has 1 aromatic heterocycles. The van der Waals surface area contributed by atoms with Crippen LogP contribution in [0.25, 0.3) is 0 Å². The summed E-state index contributed by atoms with van der Waals surface area (Å²) < 4.78 is 27.7. The number of nitrogens with one attached hydrogen (secondary N) is 1. The molecule has 0 bridgehead atoms. The Morgan fingerprint density at radius 2 is 2.38 bits per heavy atom. The molecule has 1 fully saturated rings. The first-order chi connectivity index (χ1) is 7.55. The molecule has 2 rings (SSSR count). The van der Waals surface area contributed by atoms with Crippen molar-refractivity contribution >= 4 is 9.84 Å². The smallest absolute Gasteiger partial charge is 0.240 e. The van der Waals surface area contributed by atoms with Crippen molar-refractivity contribution in [1.29, 1.82) is 0 Å². The van der Waals surface area contributed by atoms with Crippen molar-refractivity contribution in [3.8, 4) is 0 Å². The lowest BCUT2D eigenvalue weighted by molar-refractivity contribution is 0.352. The first-order valence-electron chi connectivity index (χ1n) is 5.28. The number of hydrogen-bond acceptors (Lipinski definition) is 6. The van der Waals surface area contributed by atoms with Gasteiger partial charge in [-0.25, -0.2) is 8.42 Å². The average molecular weight is 245 g/mol. The summed E-state index contributed by atoms with van der Waals surface area (Å²) in [4.78, 5) is 4.04. The molecule has 0 radical (unpaired) electrons. The molecule has 1 aliphatic rings. The monoisotopic (exact) mass is 245 g/mol. The lowest BCUT2D eigenvalue weighted by atomic mass is 10.2. The lowest BCUT2D eigenvalue weighted by Gasteiger charge is -2.22. The van der Waals surface area contributed by atoms with Gasteiger partial charge in [-0.15, -0.1) is 0 Å². The molecule has 2 heterocycles. The summed E-state index contributed by atoms with van der Waals surface area (Å²) in [7, 11) is -2.86. The maximum atomic E-state index is 11.4. The van der Waals surface area contributed by atoms with E-state index >= 15 is 0 Å². The Kier molecular flexibility index (Phi) is 3.25. The van der Waals surface area contributed by atoms with Crippen molar-refractivity contribution < 1.29 is 12.9 Å². The van der Waals surface area contributed by atoms with Crippen LogP contribution in [0.2, 0.25) is 0 Å². The van der Waals surface area contributed by atoms with Crippen LogP contribution in [0.5, 0.6) is 0 Å². The van der Waals surface area contributed by atoms with Gasteiger partial charge in [0.15, 0.2) is 15.7 Å². The lowest BCUT2D eigenvalue weighted by Crippen LogP contribution is -2.39. The molecule has 1 saturated heterocycles. The number of hydrogen-bond donors (Lipinski definition) is 1. The van der Waals surface area contributed by atoms with E-state index in [0.717, 1.165) is 12.8 Å². The first kappa shape index (κ1) is 11.5. The Morgan fingerprint density at radius 1 is 1.56 bits per heavy atom. The molecule has 90 valence electrons. The minimum Gasteiger partial charge on any atom is -0.338 e. The predicted octanol–water partition coefficient (Wildman–Crippen LogP) is 0.0448. The SMILES string of the molecule is Cc1noc(CNC2CCCS(=O)(=O)C2)n1. The van der Waals surface area contributed by atoms with Gasteiger partial charge < -0.3 is 9.84 Å². The van der Waals surface area contributed by atoms with E-state index < -0.39 is 9.84 Å². The van der Waals surface area contributed by atoms with Crippen LogP contribution in [0.3, 0.4) is 0 Å². The minimum atomic E-state index is -2.86. The van der Waals surface area contributed by atoms with E-state index in [2.05, 4.69) is 15.5 Å². The zero-order chi connectivity index (χ0) is 11.6. The van der Waals surface area contributed by atoms with Gasteiger partial charge in [-0.05, 0) is 19.8 Å². The number of aromatic nitrogens is 2. The molecule has 1 atom stereocenters. The maximum Gasteiger partial charge on any atom is 0.240 e. The van der Waals surface area contributed by atoms with Gasteiger partial charge in [-0.2, -0.15) is 4.98 Å². The van der Waals surface area contributed by atoms with Gasteiger partial charge in [0.25, 0.3) is 0 Å². The van der Waals surface area contributed by atoms with E-state index in [9.17, 15) is 8.42 Å². The third-order valence-electron chi connectivity index (χ3n) is 2.57. The van der Waals surface area contributed by atoms with E-state index in [0.29, 0.717) is 24.0 Å². The fourth-order valence-corrected chi connectivity index (χ4v) is 3.50. The van der Waals surface area contributed by atoms with E-state index in [1.54, 1.807) is 6.92 Å². The van der Waals surface area contributed by atoms with Crippen LogP contribution in [-0.2, 0) is 16.4 Å². The number of aryl methyl sites for hydroxylation is 1. The predicted molar refractivity (Wildman–Crippen MR) is 57.6 cm³/mol. The van der Waals surface area contributed by atoms with Crippen LogP contribution in [0.4, 0.5) is 0 Å². The van der Waals surface area contributed by atoms with Crippen molar-refractivity contribution in [2.24, 2.45) is 0 Å². The molecule has 0 amide bonds. The summed E-state index contributed by atoms with van der Waals surface area (Å²) in [6, 6.07) is 0.00551. The molecule has 1 N–H and O–H groups in total. The minimum absolute atomic E-state index is 0.00551. The second kappa shape index (κ2) is 4.50. The maximum absolute atomic E-state index is 11.4. The quantitative estimate of drug-likeness (QED) is 0.809. The van der Waals surface area contributed by atoms with Crippen LogP contribution >= 0.6 is 0 Å². The topological polar surface area (TPSA) is 85.1 Å². The number of sulfone groups is 1. The van der Waals surface area contributed by atoms with Gasteiger partial charge >= 0.3 is 0 Å². The highest BCUT2D eigenvalue weighted by atomic mass is 32.2. The molecule has 0 aliphatic carbocycles. The largest absolute Gasteiger partial charge is 0.338 e. The summed E-state index contributed by atoms with van der Waals surface area (Å²) in [6.07, 6.45) is 1.61. The zero-order valence-electron chi connectivity index (χ0n) is 9.14. The third-order valence-corrected chi connectivity index (χ3v) is 4.40. The van der Waals surface area contributed by atoms with Crippen molar-refractivity contribution in [2.45, 2.75) is 32.4 Å². The highest BCUT2D eigenvalue weighted by Gasteiger charge is 2.24. The summed E-state index contributed by atoms with van der Waals surface area (Å²) in [5.74, 6) is 1.61. The molecule has 0 spiro atoms. The van der Waals surface area contributed by atoms with Crippen molar-refractivity contribution in [3.63, 3.8) is 0 Å². The van der Waals surface area contributed by atoms with Gasteiger partial charge in [-0.3, -0.25) is 0 Å². The van der Waals surface area contributed by atoms with Crippen LogP contribution in [0, 0.1) is 6.92 Å². The molecule has 1 aliphatic heterocycles. The summed E-state index contributed by atoms with van der Waals surface area (Å²) in [5, 5.41) is 6.80. The molecule has 1 unspecified atom stereocenters. The summed E-state index contributed by atoms with van der Waals surface area (Å²) >= 11 is 0. The van der Waals surface area contributed by atoms with E-state index in [4.69, 9.17) is 4.52 Å². The van der Waals surface area contributed by atoms with E-state index in [-0.39, 0.29) is 11.8 Å². The first-order valence-corrected chi connectivity index (χ1v) is 7.10. The Morgan fingerprint density at radius 3 is 3.00 bits per heavy atom. The third kappa shape index (κ3) is 3.02. The van der Waals surface area contributed by atoms with Crippen LogP contribution in [-0.4, -0.2) is 36.1 Å². The fraction of sp³-hybridized carbons (Fsp3) is 0.778. The zero-order valence-corrected chi connectivity index (χ0v) is 9.96. The molecule has 0 aromatic carbocycles. The molecule has 0 saturated carbocycles. The Balaban J connectivity index is 1.86. The van der Waals surface area contributed by atoms with Crippen LogP contribution in [0.15, 0.2) is 4.52 Å². The van der Waals surface area contributed by atoms with E-state index in [1.165, 1.54) is 0 Å². The molecule has 1 aromatic rings. The van der Waals surface area contributed by atoms with Gasteiger partial charge in [0.1, 0.15) is 0 Å².